The van der Waals surface area contributed by atoms with Gasteiger partial charge in [-0.1, -0.05) is 25.1 Å². The first-order valence-corrected chi connectivity index (χ1v) is 27.5. The number of benzene rings is 1. The topological polar surface area (TPSA) is 268 Å². The SMILES string of the molecule is COC1CC(OC2CCC3(C)C4CC(OC(=O)c5ccccc5)C5(C)C(O)(C(C)=O)CCC5(O)C4(O)C=C4OC43C2)OC(C)C1OC1CC(OC)C(OC2CC(OC)C(OC3OC(C)C(O)C(OC)C3O)C(C)O2)C(C)O1. The smallest absolute Gasteiger partial charge is 0.338 e. The number of fused-ring (bicyclic) bond motifs is 4. The molecule has 5 aliphatic heterocycles. The van der Waals surface area contributed by atoms with Crippen LogP contribution in [0.15, 0.2) is 42.2 Å². The van der Waals surface area contributed by atoms with Crippen LogP contribution in [-0.4, -0.2) is 205 Å². The third-order valence-electron chi connectivity index (χ3n) is 20.0. The number of aliphatic hydroxyl groups is 5. The first kappa shape index (κ1) is 57.5. The van der Waals surface area contributed by atoms with E-state index in [1.54, 1.807) is 71.6 Å². The Morgan fingerprint density at radius 3 is 1.71 bits per heavy atom. The minimum atomic E-state index is -2.09. The van der Waals surface area contributed by atoms with Gasteiger partial charge in [-0.15, -0.1) is 0 Å². The third kappa shape index (κ3) is 9.17. The first-order chi connectivity index (χ1) is 36.5. The van der Waals surface area contributed by atoms with Crippen molar-refractivity contribution in [3.8, 4) is 0 Å². The van der Waals surface area contributed by atoms with Gasteiger partial charge in [0, 0.05) is 65.5 Å². The Bertz CT molecular complexity index is 2330. The van der Waals surface area contributed by atoms with Gasteiger partial charge >= 0.3 is 5.97 Å². The number of carbonyl (C=O) groups excluding carboxylic acids is 2. The summed E-state index contributed by atoms with van der Waals surface area (Å²) in [6.07, 6.45) is -9.29. The van der Waals surface area contributed by atoms with E-state index in [4.69, 9.17) is 66.3 Å². The van der Waals surface area contributed by atoms with Crippen molar-refractivity contribution >= 4 is 11.8 Å². The molecule has 8 fully saturated rings. The van der Waals surface area contributed by atoms with Gasteiger partial charge in [0.2, 0.25) is 0 Å². The summed E-state index contributed by atoms with van der Waals surface area (Å²) in [6.45, 7) is 12.2. The van der Waals surface area contributed by atoms with E-state index in [9.17, 15) is 35.1 Å². The van der Waals surface area contributed by atoms with Crippen LogP contribution in [0, 0.1) is 16.7 Å². The number of rotatable bonds is 15. The second-order valence-electron chi connectivity index (χ2n) is 23.7. The van der Waals surface area contributed by atoms with Crippen molar-refractivity contribution in [2.45, 2.75) is 245 Å². The second-order valence-corrected chi connectivity index (χ2v) is 23.7. The fourth-order valence-electron chi connectivity index (χ4n) is 15.3. The van der Waals surface area contributed by atoms with Gasteiger partial charge in [0.1, 0.15) is 65.3 Å². The predicted molar refractivity (Wildman–Crippen MR) is 266 cm³/mol. The van der Waals surface area contributed by atoms with Gasteiger partial charge in [-0.3, -0.25) is 4.79 Å². The average Bonchev–Trinajstić information content (AvgIpc) is 3.93. The Balaban J connectivity index is 0.766. The molecule has 0 amide bonds. The van der Waals surface area contributed by atoms with Crippen molar-refractivity contribution in [2.75, 3.05) is 28.4 Å². The van der Waals surface area contributed by atoms with E-state index >= 15 is 0 Å². The van der Waals surface area contributed by atoms with E-state index in [2.05, 4.69) is 0 Å². The molecule has 0 aromatic heterocycles. The lowest BCUT2D eigenvalue weighted by atomic mass is 9.42. The number of esters is 1. The maximum atomic E-state index is 13.8. The summed E-state index contributed by atoms with van der Waals surface area (Å²) in [5.74, 6) is -1.42. The number of methoxy groups -OCH3 is 4. The number of ketones is 1. The van der Waals surface area contributed by atoms with Crippen molar-refractivity contribution in [2.24, 2.45) is 16.7 Å². The van der Waals surface area contributed by atoms with Crippen LogP contribution in [0.4, 0.5) is 0 Å². The van der Waals surface area contributed by atoms with Crippen LogP contribution in [0.2, 0.25) is 0 Å². The first-order valence-electron chi connectivity index (χ1n) is 27.5. The Morgan fingerprint density at radius 2 is 1.18 bits per heavy atom. The third-order valence-corrected chi connectivity index (χ3v) is 20.0. The van der Waals surface area contributed by atoms with Crippen molar-refractivity contribution in [1.82, 2.24) is 0 Å². The highest BCUT2D eigenvalue weighted by Crippen LogP contribution is 2.76. The summed E-state index contributed by atoms with van der Waals surface area (Å²) in [6, 6.07) is 8.45. The normalized spacial score (nSPS) is 51.2. The molecule has 3 saturated carbocycles. The average molecular weight is 1090 g/mol. The standard InChI is InChI=1S/C56H82O21/c1-27-43(58)48(67-11)44(59)50(71-27)76-47-30(4)70-42(23-36(47)66-10)75-46-29(3)69-41(22-35(46)65-9)74-45-28(2)68-40(21-34(45)64-8)72-33-17-18-51(6)37-24-38(73-49(60)32-15-13-12-14-16-32)52(7)53(61,31(5)57)19-20-56(52,63)54(37,62)26-39-55(51,25-33)77-39/h12-16,26-30,33-38,40-48,50,58-59,61-63H,17-25H2,1-11H3. The lowest BCUT2D eigenvalue weighted by Gasteiger charge is -2.65. The summed E-state index contributed by atoms with van der Waals surface area (Å²) in [7, 11) is 6.22. The van der Waals surface area contributed by atoms with Gasteiger partial charge in [-0.25, -0.2) is 4.79 Å². The number of epoxide rings is 1. The zero-order valence-corrected chi connectivity index (χ0v) is 46.1. The molecule has 77 heavy (non-hydrogen) atoms. The van der Waals surface area contributed by atoms with Crippen LogP contribution in [0.3, 0.4) is 0 Å². The summed E-state index contributed by atoms with van der Waals surface area (Å²) < 4.78 is 87.6. The summed E-state index contributed by atoms with van der Waals surface area (Å²) in [5.41, 5.74) is -9.25. The summed E-state index contributed by atoms with van der Waals surface area (Å²) in [5, 5.41) is 59.6. The van der Waals surface area contributed by atoms with Gasteiger partial charge in [-0.2, -0.15) is 0 Å². The Morgan fingerprint density at radius 1 is 0.636 bits per heavy atom. The van der Waals surface area contributed by atoms with Crippen molar-refractivity contribution in [1.29, 1.82) is 0 Å². The number of carbonyl (C=O) groups is 2. The van der Waals surface area contributed by atoms with E-state index in [1.807, 2.05) is 27.7 Å². The zero-order chi connectivity index (χ0) is 55.4. The lowest BCUT2D eigenvalue weighted by Crippen LogP contribution is -2.78. The minimum Gasteiger partial charge on any atom is -0.479 e. The molecule has 5 saturated heterocycles. The van der Waals surface area contributed by atoms with Gasteiger partial charge in [-0.05, 0) is 91.9 Å². The molecule has 26 atom stereocenters. The van der Waals surface area contributed by atoms with E-state index < -0.39 is 162 Å². The molecular formula is C56H82O21. The maximum absolute atomic E-state index is 13.8. The number of hydrogen-bond acceptors (Lipinski definition) is 21. The lowest BCUT2D eigenvalue weighted by molar-refractivity contribution is -0.356. The Kier molecular flexibility index (Phi) is 15.8. The van der Waals surface area contributed by atoms with Crippen LogP contribution in [0.1, 0.15) is 117 Å². The van der Waals surface area contributed by atoms with E-state index in [-0.39, 0.29) is 30.9 Å². The number of aliphatic hydroxyl groups excluding tert-OH is 2. The fourth-order valence-corrected chi connectivity index (χ4v) is 15.3. The number of ether oxygens (including phenoxy) is 14. The molecular weight excluding hydrogens is 1010 g/mol. The van der Waals surface area contributed by atoms with Gasteiger partial charge in [0.25, 0.3) is 0 Å². The van der Waals surface area contributed by atoms with Crippen LogP contribution in [-0.2, 0) is 71.1 Å². The molecule has 26 unspecified atom stereocenters. The molecule has 10 rings (SSSR count). The quantitative estimate of drug-likeness (QED) is 0.125. The highest BCUT2D eigenvalue weighted by molar-refractivity contribution is 5.90. The van der Waals surface area contributed by atoms with E-state index in [0.717, 1.165) is 0 Å². The molecule has 21 nitrogen and oxygen atoms in total. The van der Waals surface area contributed by atoms with Crippen LogP contribution in [0.25, 0.3) is 0 Å². The van der Waals surface area contributed by atoms with Gasteiger partial charge in [0.15, 0.2) is 36.5 Å². The van der Waals surface area contributed by atoms with E-state index in [1.165, 1.54) is 14.0 Å². The largest absolute Gasteiger partial charge is 0.479 e. The molecule has 1 aromatic rings. The molecule has 1 spiro atoms. The van der Waals surface area contributed by atoms with E-state index in [0.29, 0.717) is 44.3 Å². The molecule has 21 heteroatoms. The highest BCUT2D eigenvalue weighted by atomic mass is 16.8. The number of hydrogen-bond donors (Lipinski definition) is 5. The van der Waals surface area contributed by atoms with Gasteiger partial charge in [0.05, 0.1) is 59.8 Å². The molecule has 1 aromatic carbocycles. The molecule has 4 aliphatic carbocycles. The summed E-state index contributed by atoms with van der Waals surface area (Å²) in [4.78, 5) is 27.1. The van der Waals surface area contributed by atoms with Crippen LogP contribution < -0.4 is 0 Å². The monoisotopic (exact) mass is 1090 g/mol. The maximum Gasteiger partial charge on any atom is 0.338 e. The van der Waals surface area contributed by atoms with Crippen LogP contribution >= 0.6 is 0 Å². The molecule has 0 bridgehead atoms. The summed E-state index contributed by atoms with van der Waals surface area (Å²) >= 11 is 0. The van der Waals surface area contributed by atoms with Gasteiger partial charge < -0.3 is 91.8 Å². The molecule has 432 valence electrons. The zero-order valence-electron chi connectivity index (χ0n) is 46.1. The molecule has 0 radical (unpaired) electrons. The molecule has 5 heterocycles. The van der Waals surface area contributed by atoms with Crippen molar-refractivity contribution in [3.05, 3.63) is 47.7 Å². The minimum absolute atomic E-state index is 0.0517. The predicted octanol–water partition coefficient (Wildman–Crippen LogP) is 3.14. The number of Topliss-reactive ketones (excluding diaryl/α,β-unsaturated/α-hetero) is 1. The van der Waals surface area contributed by atoms with Crippen molar-refractivity contribution < 1.29 is 101 Å². The highest BCUT2D eigenvalue weighted by Gasteiger charge is 2.86. The molecule has 5 N–H and O–H groups in total. The Hall–Kier alpha value is -2.78. The fraction of sp³-hybridized carbons (Fsp3) is 0.821. The van der Waals surface area contributed by atoms with Crippen molar-refractivity contribution in [3.63, 3.8) is 0 Å². The molecule has 9 aliphatic rings. The van der Waals surface area contributed by atoms with Crippen LogP contribution in [0.5, 0.6) is 0 Å². The second kappa shape index (κ2) is 21.2. The Labute approximate surface area is 450 Å².